The van der Waals surface area contributed by atoms with Crippen molar-refractivity contribution in [3.8, 4) is 0 Å². The first-order chi connectivity index (χ1) is 7.19. The molecule has 1 aromatic rings. The molecular weight excluding hydrogens is 278 g/mol. The summed E-state index contributed by atoms with van der Waals surface area (Å²) in [6, 6.07) is 2.03. The van der Waals surface area contributed by atoms with E-state index in [0.717, 1.165) is 4.47 Å². The van der Waals surface area contributed by atoms with Gasteiger partial charge in [0.05, 0.1) is 6.54 Å². The Labute approximate surface area is 101 Å². The molecule has 0 radical (unpaired) electrons. The zero-order chi connectivity index (χ0) is 10.8. The summed E-state index contributed by atoms with van der Waals surface area (Å²) < 4.78 is 1.06. The predicted molar refractivity (Wildman–Crippen MR) is 62.6 cm³/mol. The number of carbonyl (C=O) groups is 1. The molecule has 0 aromatic carbocycles. The fraction of sp³-hybridized carbons (Fsp3) is 0.500. The van der Waals surface area contributed by atoms with Crippen LogP contribution in [0.1, 0.15) is 11.3 Å². The number of aliphatic hydroxyl groups excluding tert-OH is 1. The standard InChI is InChI=1S/C10H12BrNO2S/c11-8-2-9(15-6-8)4-12-3-7(5-13)1-10(12)14/h2,6-7,13H,1,3-5H2. The molecule has 0 aliphatic carbocycles. The SMILES string of the molecule is O=C1CC(CO)CN1Cc1cc(Br)cs1. The molecule has 0 bridgehead atoms. The monoisotopic (exact) mass is 289 g/mol. The number of likely N-dealkylation sites (tertiary alicyclic amines) is 1. The van der Waals surface area contributed by atoms with Crippen molar-refractivity contribution in [2.75, 3.05) is 13.2 Å². The van der Waals surface area contributed by atoms with Gasteiger partial charge in [0.2, 0.25) is 5.91 Å². The third-order valence-corrected chi connectivity index (χ3v) is 4.20. The largest absolute Gasteiger partial charge is 0.396 e. The van der Waals surface area contributed by atoms with E-state index in [2.05, 4.69) is 15.9 Å². The molecule has 3 nitrogen and oxygen atoms in total. The molecule has 2 heterocycles. The van der Waals surface area contributed by atoms with Gasteiger partial charge >= 0.3 is 0 Å². The van der Waals surface area contributed by atoms with E-state index in [9.17, 15) is 4.79 Å². The molecule has 1 fully saturated rings. The van der Waals surface area contributed by atoms with Crippen molar-refractivity contribution in [1.29, 1.82) is 0 Å². The average Bonchev–Trinajstić information content (AvgIpc) is 2.75. The lowest BCUT2D eigenvalue weighted by Gasteiger charge is -2.14. The zero-order valence-corrected chi connectivity index (χ0v) is 10.6. The van der Waals surface area contributed by atoms with Crippen LogP contribution in [0.15, 0.2) is 15.9 Å². The first-order valence-electron chi connectivity index (χ1n) is 4.80. The van der Waals surface area contributed by atoms with E-state index in [1.165, 1.54) is 4.88 Å². The van der Waals surface area contributed by atoms with Crippen LogP contribution < -0.4 is 0 Å². The molecular formula is C10H12BrNO2S. The molecule has 0 spiro atoms. The summed E-state index contributed by atoms with van der Waals surface area (Å²) in [7, 11) is 0. The summed E-state index contributed by atoms with van der Waals surface area (Å²) in [6.45, 7) is 1.47. The summed E-state index contributed by atoms with van der Waals surface area (Å²) in [6.07, 6.45) is 0.489. The topological polar surface area (TPSA) is 40.5 Å². The Hall–Kier alpha value is -0.390. The summed E-state index contributed by atoms with van der Waals surface area (Å²) in [5.74, 6) is 0.277. The van der Waals surface area contributed by atoms with Crippen LogP contribution in [-0.4, -0.2) is 29.1 Å². The van der Waals surface area contributed by atoms with Gasteiger partial charge in [-0.3, -0.25) is 4.79 Å². The van der Waals surface area contributed by atoms with Crippen LogP contribution in [0.5, 0.6) is 0 Å². The third kappa shape index (κ3) is 2.59. The maximum Gasteiger partial charge on any atom is 0.223 e. The van der Waals surface area contributed by atoms with E-state index in [1.807, 2.05) is 16.3 Å². The van der Waals surface area contributed by atoms with Gasteiger partial charge in [-0.2, -0.15) is 0 Å². The van der Waals surface area contributed by atoms with Crippen LogP contribution in [0.3, 0.4) is 0 Å². The maximum atomic E-state index is 11.6. The summed E-state index contributed by atoms with van der Waals surface area (Å²) in [4.78, 5) is 14.6. The van der Waals surface area contributed by atoms with Crippen LogP contribution in [0.4, 0.5) is 0 Å². The molecule has 82 valence electrons. The molecule has 1 amide bonds. The molecule has 1 aliphatic heterocycles. The van der Waals surface area contributed by atoms with Crippen LogP contribution in [0.25, 0.3) is 0 Å². The van der Waals surface area contributed by atoms with Gasteiger partial charge in [-0.25, -0.2) is 0 Å². The lowest BCUT2D eigenvalue weighted by atomic mass is 10.1. The van der Waals surface area contributed by atoms with E-state index >= 15 is 0 Å². The highest BCUT2D eigenvalue weighted by molar-refractivity contribution is 9.10. The minimum absolute atomic E-state index is 0.108. The number of amides is 1. The fourth-order valence-electron chi connectivity index (χ4n) is 1.75. The Bertz CT molecular complexity index is 366. The second kappa shape index (κ2) is 4.63. The zero-order valence-electron chi connectivity index (χ0n) is 8.15. The van der Waals surface area contributed by atoms with Gasteiger partial charge in [-0.1, -0.05) is 0 Å². The van der Waals surface area contributed by atoms with Gasteiger partial charge in [-0.15, -0.1) is 11.3 Å². The number of rotatable bonds is 3. The van der Waals surface area contributed by atoms with Crippen molar-refractivity contribution in [2.45, 2.75) is 13.0 Å². The van der Waals surface area contributed by atoms with Crippen molar-refractivity contribution in [3.05, 3.63) is 20.8 Å². The number of thiophene rings is 1. The second-order valence-electron chi connectivity index (χ2n) is 3.76. The second-order valence-corrected chi connectivity index (χ2v) is 5.67. The Morgan fingerprint density at radius 3 is 3.00 bits per heavy atom. The maximum absolute atomic E-state index is 11.6. The molecule has 1 atom stereocenters. The van der Waals surface area contributed by atoms with Gasteiger partial charge < -0.3 is 10.0 Å². The lowest BCUT2D eigenvalue weighted by molar-refractivity contribution is -0.128. The average molecular weight is 290 g/mol. The molecule has 1 aliphatic rings. The van der Waals surface area contributed by atoms with E-state index in [-0.39, 0.29) is 18.4 Å². The minimum atomic E-state index is 0.108. The van der Waals surface area contributed by atoms with Gasteiger partial charge in [0.15, 0.2) is 0 Å². The smallest absolute Gasteiger partial charge is 0.223 e. The quantitative estimate of drug-likeness (QED) is 0.923. The fourth-order valence-corrected chi connectivity index (χ4v) is 3.22. The number of hydrogen-bond donors (Lipinski definition) is 1. The first-order valence-corrected chi connectivity index (χ1v) is 6.48. The van der Waals surface area contributed by atoms with Crippen LogP contribution in [0.2, 0.25) is 0 Å². The number of halogens is 1. The van der Waals surface area contributed by atoms with Crippen molar-refractivity contribution >= 4 is 33.2 Å². The number of nitrogens with zero attached hydrogens (tertiary/aromatic N) is 1. The van der Waals surface area contributed by atoms with Crippen molar-refractivity contribution < 1.29 is 9.90 Å². The summed E-state index contributed by atoms with van der Waals surface area (Å²) in [5.41, 5.74) is 0. The highest BCUT2D eigenvalue weighted by Crippen LogP contribution is 2.24. The Kier molecular flexibility index (Phi) is 3.43. The number of hydrogen-bond acceptors (Lipinski definition) is 3. The third-order valence-electron chi connectivity index (χ3n) is 2.52. The highest BCUT2D eigenvalue weighted by Gasteiger charge is 2.28. The number of carbonyl (C=O) groups excluding carboxylic acids is 1. The van der Waals surface area contributed by atoms with Crippen molar-refractivity contribution in [1.82, 2.24) is 4.90 Å². The first kappa shape index (κ1) is 11.1. The van der Waals surface area contributed by atoms with E-state index in [4.69, 9.17) is 5.11 Å². The molecule has 2 rings (SSSR count). The van der Waals surface area contributed by atoms with E-state index < -0.39 is 0 Å². The molecule has 1 aromatic heterocycles. The van der Waals surface area contributed by atoms with Crippen LogP contribution in [0, 0.1) is 5.92 Å². The Balaban J connectivity index is 1.98. The van der Waals surface area contributed by atoms with Crippen LogP contribution >= 0.6 is 27.3 Å². The molecule has 15 heavy (non-hydrogen) atoms. The van der Waals surface area contributed by atoms with Gasteiger partial charge in [0.25, 0.3) is 0 Å². The Morgan fingerprint density at radius 2 is 2.47 bits per heavy atom. The minimum Gasteiger partial charge on any atom is -0.396 e. The van der Waals surface area contributed by atoms with Gasteiger partial charge in [0, 0.05) is 40.2 Å². The van der Waals surface area contributed by atoms with Gasteiger partial charge in [-0.05, 0) is 22.0 Å². The number of aliphatic hydroxyl groups is 1. The van der Waals surface area contributed by atoms with Gasteiger partial charge in [0.1, 0.15) is 0 Å². The highest BCUT2D eigenvalue weighted by atomic mass is 79.9. The molecule has 1 saturated heterocycles. The van der Waals surface area contributed by atoms with Crippen LogP contribution in [-0.2, 0) is 11.3 Å². The molecule has 1 unspecified atom stereocenters. The summed E-state index contributed by atoms with van der Waals surface area (Å²) in [5, 5.41) is 11.0. The van der Waals surface area contributed by atoms with E-state index in [0.29, 0.717) is 19.5 Å². The normalized spacial score (nSPS) is 21.3. The Morgan fingerprint density at radius 1 is 1.67 bits per heavy atom. The predicted octanol–water partition coefficient (Wildman–Crippen LogP) is 1.85. The van der Waals surface area contributed by atoms with Crippen molar-refractivity contribution in [2.24, 2.45) is 5.92 Å². The summed E-state index contributed by atoms with van der Waals surface area (Å²) >= 11 is 5.03. The van der Waals surface area contributed by atoms with E-state index in [1.54, 1.807) is 11.3 Å². The molecule has 5 heteroatoms. The molecule has 1 N–H and O–H groups in total. The lowest BCUT2D eigenvalue weighted by Crippen LogP contribution is -2.24. The van der Waals surface area contributed by atoms with Crippen molar-refractivity contribution in [3.63, 3.8) is 0 Å². The molecule has 0 saturated carbocycles.